The molecule has 0 amide bonds. The minimum Gasteiger partial charge on any atom is -0.382 e. The zero-order valence-corrected chi connectivity index (χ0v) is 11.8. The Balaban J connectivity index is 1.96. The first-order valence-corrected chi connectivity index (χ1v) is 6.80. The maximum Gasteiger partial charge on any atom is 0.274 e. The molecule has 0 heterocycles. The van der Waals surface area contributed by atoms with Gasteiger partial charge in [0.2, 0.25) is 0 Å². The molecule has 0 aromatic heterocycles. The molecule has 0 aliphatic heterocycles. The number of halogens is 1. The summed E-state index contributed by atoms with van der Waals surface area (Å²) in [5, 5.41) is 13.8. The molecule has 2 aromatic carbocycles. The fourth-order valence-electron chi connectivity index (χ4n) is 2.15. The van der Waals surface area contributed by atoms with E-state index in [9.17, 15) is 14.5 Å². The Labute approximate surface area is 122 Å². The van der Waals surface area contributed by atoms with E-state index in [0.717, 1.165) is 18.9 Å². The molecule has 0 saturated heterocycles. The predicted molar refractivity (Wildman–Crippen MR) is 80.9 cm³/mol. The lowest BCUT2D eigenvalue weighted by Crippen LogP contribution is -2.16. The standard InChI is InChI=1S/C16H17FN2O2/c1-12(7-8-13-5-3-2-4-6-13)18-15-9-14(17)10-16(11-15)19(20)21/h2-6,9-12,18H,7-8H2,1H3. The Hall–Kier alpha value is -2.43. The molecular weight excluding hydrogens is 271 g/mol. The molecule has 21 heavy (non-hydrogen) atoms. The minimum atomic E-state index is -0.609. The highest BCUT2D eigenvalue weighted by Gasteiger charge is 2.11. The van der Waals surface area contributed by atoms with Gasteiger partial charge in [-0.25, -0.2) is 4.39 Å². The van der Waals surface area contributed by atoms with Gasteiger partial charge in [-0.15, -0.1) is 0 Å². The third-order valence-corrected chi connectivity index (χ3v) is 3.22. The lowest BCUT2D eigenvalue weighted by Gasteiger charge is -2.15. The van der Waals surface area contributed by atoms with E-state index in [-0.39, 0.29) is 11.7 Å². The fraction of sp³-hybridized carbons (Fsp3) is 0.250. The molecule has 1 unspecified atom stereocenters. The van der Waals surface area contributed by atoms with E-state index in [1.807, 2.05) is 25.1 Å². The summed E-state index contributed by atoms with van der Waals surface area (Å²) < 4.78 is 13.3. The second-order valence-electron chi connectivity index (χ2n) is 5.02. The van der Waals surface area contributed by atoms with E-state index in [1.165, 1.54) is 17.7 Å². The second-order valence-corrected chi connectivity index (χ2v) is 5.02. The molecule has 2 aromatic rings. The van der Waals surface area contributed by atoms with Crippen molar-refractivity contribution in [1.82, 2.24) is 0 Å². The lowest BCUT2D eigenvalue weighted by molar-refractivity contribution is -0.385. The second kappa shape index (κ2) is 6.83. The van der Waals surface area contributed by atoms with Crippen LogP contribution >= 0.6 is 0 Å². The minimum absolute atomic E-state index is 0.0895. The summed E-state index contributed by atoms with van der Waals surface area (Å²) in [5.41, 5.74) is 1.42. The van der Waals surface area contributed by atoms with Crippen LogP contribution in [-0.4, -0.2) is 11.0 Å². The maximum absolute atomic E-state index is 13.3. The summed E-state index contributed by atoms with van der Waals surface area (Å²) >= 11 is 0. The number of non-ortho nitro benzene ring substituents is 1. The van der Waals surface area contributed by atoms with E-state index in [2.05, 4.69) is 17.4 Å². The number of nitro groups is 1. The van der Waals surface area contributed by atoms with Gasteiger partial charge < -0.3 is 5.32 Å². The normalized spacial score (nSPS) is 11.9. The molecule has 0 radical (unpaired) electrons. The summed E-state index contributed by atoms with van der Waals surface area (Å²) in [6.07, 6.45) is 1.75. The van der Waals surface area contributed by atoms with Crippen LogP contribution in [0.4, 0.5) is 15.8 Å². The molecule has 5 heteroatoms. The van der Waals surface area contributed by atoms with Crippen LogP contribution in [0.5, 0.6) is 0 Å². The van der Waals surface area contributed by atoms with Gasteiger partial charge in [0, 0.05) is 17.8 Å². The summed E-state index contributed by atoms with van der Waals surface area (Å²) in [4.78, 5) is 10.1. The molecule has 4 nitrogen and oxygen atoms in total. The van der Waals surface area contributed by atoms with Gasteiger partial charge in [0.25, 0.3) is 5.69 Å². The fourth-order valence-corrected chi connectivity index (χ4v) is 2.15. The summed E-state index contributed by atoms with van der Waals surface area (Å²) in [7, 11) is 0. The number of hydrogen-bond acceptors (Lipinski definition) is 3. The van der Waals surface area contributed by atoms with Gasteiger partial charge in [-0.3, -0.25) is 10.1 Å². The molecule has 1 N–H and O–H groups in total. The van der Waals surface area contributed by atoms with Gasteiger partial charge in [-0.05, 0) is 31.4 Å². The zero-order valence-electron chi connectivity index (χ0n) is 11.8. The molecule has 0 aliphatic rings. The van der Waals surface area contributed by atoms with Crippen molar-refractivity contribution >= 4 is 11.4 Å². The first-order valence-electron chi connectivity index (χ1n) is 6.80. The summed E-state index contributed by atoms with van der Waals surface area (Å²) in [6.45, 7) is 1.97. The summed E-state index contributed by atoms with van der Waals surface area (Å²) in [5.74, 6) is -0.609. The van der Waals surface area contributed by atoms with Gasteiger partial charge in [-0.1, -0.05) is 30.3 Å². The monoisotopic (exact) mass is 288 g/mol. The topological polar surface area (TPSA) is 55.2 Å². The molecule has 110 valence electrons. The van der Waals surface area contributed by atoms with Crippen LogP contribution < -0.4 is 5.32 Å². The van der Waals surface area contributed by atoms with Crippen molar-refractivity contribution < 1.29 is 9.31 Å². The van der Waals surface area contributed by atoms with E-state index in [4.69, 9.17) is 0 Å². The van der Waals surface area contributed by atoms with Crippen LogP contribution in [0, 0.1) is 15.9 Å². The van der Waals surface area contributed by atoms with Crippen LogP contribution in [0.1, 0.15) is 18.9 Å². The number of rotatable bonds is 6. The van der Waals surface area contributed by atoms with Gasteiger partial charge in [0.1, 0.15) is 5.82 Å². The molecule has 1 atom stereocenters. The molecule has 0 fully saturated rings. The average Bonchev–Trinajstić information content (AvgIpc) is 2.45. The highest BCUT2D eigenvalue weighted by atomic mass is 19.1. The third-order valence-electron chi connectivity index (χ3n) is 3.22. The maximum atomic E-state index is 13.3. The van der Waals surface area contributed by atoms with Crippen molar-refractivity contribution in [2.24, 2.45) is 0 Å². The Bertz CT molecular complexity index is 617. The van der Waals surface area contributed by atoms with Gasteiger partial charge in [-0.2, -0.15) is 0 Å². The third kappa shape index (κ3) is 4.56. The lowest BCUT2D eigenvalue weighted by atomic mass is 10.1. The van der Waals surface area contributed by atoms with Crippen molar-refractivity contribution in [3.05, 3.63) is 70.0 Å². The quantitative estimate of drug-likeness (QED) is 0.641. The highest BCUT2D eigenvalue weighted by Crippen LogP contribution is 2.21. The Kier molecular flexibility index (Phi) is 4.87. The van der Waals surface area contributed by atoms with E-state index in [0.29, 0.717) is 5.69 Å². The number of hydrogen-bond donors (Lipinski definition) is 1. The molecule has 0 spiro atoms. The Morgan fingerprint density at radius 2 is 1.95 bits per heavy atom. The number of benzene rings is 2. The van der Waals surface area contributed by atoms with Crippen molar-refractivity contribution in [3.63, 3.8) is 0 Å². The van der Waals surface area contributed by atoms with Crippen LogP contribution in [0.15, 0.2) is 48.5 Å². The van der Waals surface area contributed by atoms with E-state index < -0.39 is 10.7 Å². The molecular formula is C16H17FN2O2. The van der Waals surface area contributed by atoms with Crippen molar-refractivity contribution in [1.29, 1.82) is 0 Å². The molecule has 0 bridgehead atoms. The van der Waals surface area contributed by atoms with E-state index >= 15 is 0 Å². The van der Waals surface area contributed by atoms with Gasteiger partial charge in [0.15, 0.2) is 0 Å². The number of aryl methyl sites for hydroxylation is 1. The van der Waals surface area contributed by atoms with Crippen LogP contribution in [0.3, 0.4) is 0 Å². The molecule has 0 aliphatic carbocycles. The first kappa shape index (κ1) is 15.0. The van der Waals surface area contributed by atoms with E-state index in [1.54, 1.807) is 0 Å². The van der Waals surface area contributed by atoms with Crippen LogP contribution in [0.25, 0.3) is 0 Å². The molecule has 2 rings (SSSR count). The highest BCUT2D eigenvalue weighted by molar-refractivity contribution is 5.52. The average molecular weight is 288 g/mol. The number of nitrogens with one attached hydrogen (secondary N) is 1. The van der Waals surface area contributed by atoms with Crippen LogP contribution in [-0.2, 0) is 6.42 Å². The largest absolute Gasteiger partial charge is 0.382 e. The Morgan fingerprint density at radius 1 is 1.24 bits per heavy atom. The number of nitrogens with zero attached hydrogens (tertiary/aromatic N) is 1. The summed E-state index contributed by atoms with van der Waals surface area (Å²) in [6, 6.07) is 13.7. The predicted octanol–water partition coefficient (Wildman–Crippen LogP) is 4.17. The zero-order chi connectivity index (χ0) is 15.2. The van der Waals surface area contributed by atoms with Crippen LogP contribution in [0.2, 0.25) is 0 Å². The smallest absolute Gasteiger partial charge is 0.274 e. The van der Waals surface area contributed by atoms with Gasteiger partial charge >= 0.3 is 0 Å². The number of anilines is 1. The molecule has 0 saturated carbocycles. The Morgan fingerprint density at radius 3 is 2.62 bits per heavy atom. The van der Waals surface area contributed by atoms with Crippen molar-refractivity contribution in [2.75, 3.05) is 5.32 Å². The van der Waals surface area contributed by atoms with Crippen molar-refractivity contribution in [3.8, 4) is 0 Å². The SMILES string of the molecule is CC(CCc1ccccc1)Nc1cc(F)cc([N+](=O)[O-])c1. The van der Waals surface area contributed by atoms with Gasteiger partial charge in [0.05, 0.1) is 11.0 Å². The van der Waals surface area contributed by atoms with Crippen molar-refractivity contribution in [2.45, 2.75) is 25.8 Å². The first-order chi connectivity index (χ1) is 10.0. The number of nitro benzene ring substituents is 1.